The van der Waals surface area contributed by atoms with Gasteiger partial charge < -0.3 is 4.74 Å². The number of hydrogen-bond acceptors (Lipinski definition) is 2. The Morgan fingerprint density at radius 3 is 2.44 bits per heavy atom. The van der Waals surface area contributed by atoms with Gasteiger partial charge in [-0.1, -0.05) is 43.3 Å². The molecule has 0 aliphatic rings. The van der Waals surface area contributed by atoms with Crippen LogP contribution in [0.1, 0.15) is 28.4 Å². The fraction of sp³-hybridized carbons (Fsp3) is 0.188. The molecule has 0 amide bonds. The highest BCUT2D eigenvalue weighted by Crippen LogP contribution is 2.19. The lowest BCUT2D eigenvalue weighted by Gasteiger charge is -2.09. The summed E-state index contributed by atoms with van der Waals surface area (Å²) < 4.78 is 5.43. The van der Waals surface area contributed by atoms with Crippen molar-refractivity contribution in [3.05, 3.63) is 65.2 Å². The lowest BCUT2D eigenvalue weighted by Crippen LogP contribution is -2.11. The molecule has 0 atom stereocenters. The van der Waals surface area contributed by atoms with Crippen LogP contribution in [0.5, 0.6) is 5.75 Å². The molecule has 0 aromatic heterocycles. The normalized spacial score (nSPS) is 10.1. The molecule has 2 aromatic carbocycles. The predicted molar refractivity (Wildman–Crippen MR) is 72.0 cm³/mol. The number of benzene rings is 2. The molecule has 92 valence electrons. The third-order valence-electron chi connectivity index (χ3n) is 2.91. The van der Waals surface area contributed by atoms with Gasteiger partial charge in [-0.2, -0.15) is 0 Å². The highest BCUT2D eigenvalue weighted by Gasteiger charge is 2.12. The van der Waals surface area contributed by atoms with Crippen LogP contribution in [-0.2, 0) is 6.42 Å². The van der Waals surface area contributed by atoms with Crippen LogP contribution in [-0.4, -0.2) is 5.97 Å². The average molecular weight is 240 g/mol. The summed E-state index contributed by atoms with van der Waals surface area (Å²) in [5.74, 6) is 0.329. The maximum atomic E-state index is 12.1. The van der Waals surface area contributed by atoms with Gasteiger partial charge in [-0.25, -0.2) is 4.79 Å². The van der Waals surface area contributed by atoms with Gasteiger partial charge in [0.05, 0.1) is 5.56 Å². The molecule has 0 aliphatic heterocycles. The van der Waals surface area contributed by atoms with Crippen molar-refractivity contribution in [2.24, 2.45) is 0 Å². The number of carbonyl (C=O) groups is 1. The SMILES string of the molecule is CCc1ccccc1C(=O)Oc1ccccc1C. The molecule has 0 saturated heterocycles. The molecule has 2 rings (SSSR count). The Labute approximate surface area is 107 Å². The summed E-state index contributed by atoms with van der Waals surface area (Å²) in [6.07, 6.45) is 0.818. The van der Waals surface area contributed by atoms with Gasteiger partial charge >= 0.3 is 5.97 Å². The van der Waals surface area contributed by atoms with E-state index in [9.17, 15) is 4.79 Å². The maximum absolute atomic E-state index is 12.1. The van der Waals surface area contributed by atoms with E-state index < -0.39 is 0 Å². The van der Waals surface area contributed by atoms with Gasteiger partial charge in [0.25, 0.3) is 0 Å². The molecule has 2 heteroatoms. The number of para-hydroxylation sites is 1. The van der Waals surface area contributed by atoms with Crippen molar-refractivity contribution in [3.8, 4) is 5.75 Å². The zero-order chi connectivity index (χ0) is 13.0. The molecule has 0 radical (unpaired) electrons. The number of rotatable bonds is 3. The molecule has 0 bridgehead atoms. The van der Waals surface area contributed by atoms with Crippen LogP contribution < -0.4 is 4.74 Å². The molecular weight excluding hydrogens is 224 g/mol. The van der Waals surface area contributed by atoms with Gasteiger partial charge in [-0.3, -0.25) is 0 Å². The summed E-state index contributed by atoms with van der Waals surface area (Å²) in [5.41, 5.74) is 2.61. The van der Waals surface area contributed by atoms with Crippen molar-refractivity contribution < 1.29 is 9.53 Å². The third kappa shape index (κ3) is 2.59. The monoisotopic (exact) mass is 240 g/mol. The van der Waals surface area contributed by atoms with E-state index in [4.69, 9.17) is 4.74 Å². The van der Waals surface area contributed by atoms with E-state index >= 15 is 0 Å². The topological polar surface area (TPSA) is 26.3 Å². The Balaban J connectivity index is 2.25. The molecule has 0 N–H and O–H groups in total. The Hall–Kier alpha value is -2.09. The van der Waals surface area contributed by atoms with Gasteiger partial charge in [0.1, 0.15) is 5.75 Å². The standard InChI is InChI=1S/C16H16O2/c1-3-13-9-5-6-10-14(13)16(17)18-15-11-7-4-8-12(15)2/h4-11H,3H2,1-2H3. The molecular formula is C16H16O2. The Morgan fingerprint density at radius 2 is 1.72 bits per heavy atom. The minimum atomic E-state index is -0.290. The average Bonchev–Trinajstić information content (AvgIpc) is 2.41. The predicted octanol–water partition coefficient (Wildman–Crippen LogP) is 3.78. The van der Waals surface area contributed by atoms with E-state index in [-0.39, 0.29) is 5.97 Å². The van der Waals surface area contributed by atoms with Crippen LogP contribution in [0.4, 0.5) is 0 Å². The molecule has 0 fully saturated rings. The first-order valence-corrected chi connectivity index (χ1v) is 6.08. The largest absolute Gasteiger partial charge is 0.423 e. The Kier molecular flexibility index (Phi) is 3.78. The number of ether oxygens (including phenoxy) is 1. The first-order chi connectivity index (χ1) is 8.72. The second kappa shape index (κ2) is 5.50. The summed E-state index contributed by atoms with van der Waals surface area (Å²) in [6, 6.07) is 15.1. The summed E-state index contributed by atoms with van der Waals surface area (Å²) in [4.78, 5) is 12.1. The molecule has 2 aromatic rings. The lowest BCUT2D eigenvalue weighted by atomic mass is 10.1. The lowest BCUT2D eigenvalue weighted by molar-refractivity contribution is 0.0732. The molecule has 18 heavy (non-hydrogen) atoms. The second-order valence-corrected chi connectivity index (χ2v) is 4.17. The van der Waals surface area contributed by atoms with Crippen molar-refractivity contribution in [2.45, 2.75) is 20.3 Å². The molecule has 0 heterocycles. The van der Waals surface area contributed by atoms with Crippen molar-refractivity contribution in [2.75, 3.05) is 0 Å². The van der Waals surface area contributed by atoms with Gasteiger partial charge in [-0.15, -0.1) is 0 Å². The van der Waals surface area contributed by atoms with Crippen LogP contribution in [0.15, 0.2) is 48.5 Å². The fourth-order valence-corrected chi connectivity index (χ4v) is 1.85. The van der Waals surface area contributed by atoms with Crippen LogP contribution >= 0.6 is 0 Å². The van der Waals surface area contributed by atoms with Crippen molar-refractivity contribution in [1.82, 2.24) is 0 Å². The van der Waals surface area contributed by atoms with Crippen molar-refractivity contribution in [1.29, 1.82) is 0 Å². The van der Waals surface area contributed by atoms with Crippen LogP contribution in [0.25, 0.3) is 0 Å². The maximum Gasteiger partial charge on any atom is 0.343 e. The highest BCUT2D eigenvalue weighted by molar-refractivity contribution is 5.92. The van der Waals surface area contributed by atoms with Crippen LogP contribution in [0, 0.1) is 6.92 Å². The summed E-state index contributed by atoms with van der Waals surface area (Å²) >= 11 is 0. The van der Waals surface area contributed by atoms with Gasteiger partial charge in [-0.05, 0) is 36.6 Å². The fourth-order valence-electron chi connectivity index (χ4n) is 1.85. The summed E-state index contributed by atoms with van der Waals surface area (Å²) in [5, 5.41) is 0. The van der Waals surface area contributed by atoms with Crippen molar-refractivity contribution >= 4 is 5.97 Å². The van der Waals surface area contributed by atoms with E-state index in [1.165, 1.54) is 0 Å². The van der Waals surface area contributed by atoms with E-state index in [0.29, 0.717) is 11.3 Å². The minimum absolute atomic E-state index is 0.290. The molecule has 0 spiro atoms. The second-order valence-electron chi connectivity index (χ2n) is 4.17. The minimum Gasteiger partial charge on any atom is -0.423 e. The van der Waals surface area contributed by atoms with Crippen LogP contribution in [0.2, 0.25) is 0 Å². The van der Waals surface area contributed by atoms with Gasteiger partial charge in [0, 0.05) is 0 Å². The first kappa shape index (κ1) is 12.4. The Morgan fingerprint density at radius 1 is 1.06 bits per heavy atom. The number of carbonyl (C=O) groups excluding carboxylic acids is 1. The van der Waals surface area contributed by atoms with E-state index in [1.54, 1.807) is 6.07 Å². The van der Waals surface area contributed by atoms with Gasteiger partial charge in [0.15, 0.2) is 0 Å². The van der Waals surface area contributed by atoms with E-state index in [1.807, 2.05) is 56.3 Å². The molecule has 2 nitrogen and oxygen atoms in total. The first-order valence-electron chi connectivity index (χ1n) is 6.08. The smallest absolute Gasteiger partial charge is 0.343 e. The molecule has 0 saturated carbocycles. The summed E-state index contributed by atoms with van der Waals surface area (Å²) in [7, 11) is 0. The number of esters is 1. The Bertz CT molecular complexity index is 559. The van der Waals surface area contributed by atoms with Crippen LogP contribution in [0.3, 0.4) is 0 Å². The molecule has 0 aliphatic carbocycles. The van der Waals surface area contributed by atoms with Gasteiger partial charge in [0.2, 0.25) is 0 Å². The highest BCUT2D eigenvalue weighted by atomic mass is 16.5. The zero-order valence-corrected chi connectivity index (χ0v) is 10.6. The zero-order valence-electron chi connectivity index (χ0n) is 10.6. The number of hydrogen-bond donors (Lipinski definition) is 0. The quantitative estimate of drug-likeness (QED) is 0.603. The molecule has 0 unspecified atom stereocenters. The van der Waals surface area contributed by atoms with E-state index in [0.717, 1.165) is 17.5 Å². The van der Waals surface area contributed by atoms with E-state index in [2.05, 4.69) is 0 Å². The van der Waals surface area contributed by atoms with Crippen molar-refractivity contribution in [3.63, 3.8) is 0 Å². The number of aryl methyl sites for hydroxylation is 2. The summed E-state index contributed by atoms with van der Waals surface area (Å²) in [6.45, 7) is 3.95. The third-order valence-corrected chi connectivity index (χ3v) is 2.91.